The lowest BCUT2D eigenvalue weighted by molar-refractivity contribution is 0.273. The molecule has 124 valence electrons. The van der Waals surface area contributed by atoms with Crippen molar-refractivity contribution in [3.63, 3.8) is 0 Å². The van der Waals surface area contributed by atoms with E-state index < -0.39 is 0 Å². The molecule has 2 aromatic rings. The van der Waals surface area contributed by atoms with Crippen molar-refractivity contribution in [1.82, 2.24) is 10.3 Å². The Bertz CT molecular complexity index is 585. The molecule has 0 atom stereocenters. The largest absolute Gasteiger partial charge is 0.493 e. The third kappa shape index (κ3) is 5.91. The second-order valence-corrected chi connectivity index (χ2v) is 5.98. The highest BCUT2D eigenvalue weighted by atomic mass is 16.5. The van der Waals surface area contributed by atoms with E-state index in [9.17, 15) is 0 Å². The van der Waals surface area contributed by atoms with Crippen LogP contribution in [0.4, 0.5) is 0 Å². The van der Waals surface area contributed by atoms with Gasteiger partial charge in [-0.25, -0.2) is 0 Å². The first kappa shape index (κ1) is 17.3. The molecule has 4 nitrogen and oxygen atoms in total. The summed E-state index contributed by atoms with van der Waals surface area (Å²) in [5, 5.41) is 3.41. The molecule has 1 heterocycles. The maximum absolute atomic E-state index is 5.81. The minimum atomic E-state index is 0.636. The van der Waals surface area contributed by atoms with E-state index in [-0.39, 0.29) is 0 Å². The second kappa shape index (κ2) is 9.16. The molecule has 0 aliphatic carbocycles. The molecular weight excluding hydrogens is 288 g/mol. The van der Waals surface area contributed by atoms with E-state index in [1.54, 1.807) is 13.3 Å². The average Bonchev–Trinajstić information content (AvgIpc) is 2.56. The summed E-state index contributed by atoms with van der Waals surface area (Å²) in [7, 11) is 1.68. The van der Waals surface area contributed by atoms with Gasteiger partial charge < -0.3 is 14.8 Å². The summed E-state index contributed by atoms with van der Waals surface area (Å²) in [5.74, 6) is 2.23. The summed E-state index contributed by atoms with van der Waals surface area (Å²) in [5.41, 5.74) is 2.34. The molecule has 0 saturated carbocycles. The zero-order chi connectivity index (χ0) is 16.5. The smallest absolute Gasteiger partial charge is 0.161 e. The molecule has 0 aliphatic rings. The van der Waals surface area contributed by atoms with Crippen LogP contribution in [0.5, 0.6) is 11.5 Å². The highest BCUT2D eigenvalue weighted by molar-refractivity contribution is 5.43. The molecule has 0 unspecified atom stereocenters. The van der Waals surface area contributed by atoms with Crippen LogP contribution < -0.4 is 14.8 Å². The van der Waals surface area contributed by atoms with Crippen molar-refractivity contribution in [3.8, 4) is 11.5 Å². The van der Waals surface area contributed by atoms with Gasteiger partial charge in [-0.3, -0.25) is 4.98 Å². The van der Waals surface area contributed by atoms with Crippen LogP contribution in [-0.2, 0) is 13.1 Å². The van der Waals surface area contributed by atoms with Crippen LogP contribution in [0.25, 0.3) is 0 Å². The maximum atomic E-state index is 5.81. The Morgan fingerprint density at radius 3 is 2.61 bits per heavy atom. The highest BCUT2D eigenvalue weighted by Crippen LogP contribution is 2.28. The number of hydrogen-bond acceptors (Lipinski definition) is 4. The Labute approximate surface area is 138 Å². The van der Waals surface area contributed by atoms with Crippen LogP contribution >= 0.6 is 0 Å². The summed E-state index contributed by atoms with van der Waals surface area (Å²) < 4.78 is 11.3. The molecule has 23 heavy (non-hydrogen) atoms. The van der Waals surface area contributed by atoms with Crippen LogP contribution in [0, 0.1) is 5.92 Å². The maximum Gasteiger partial charge on any atom is 0.161 e. The molecular formula is C19H26N2O2. The highest BCUT2D eigenvalue weighted by Gasteiger charge is 2.06. The number of nitrogens with one attached hydrogen (secondary N) is 1. The Balaban J connectivity index is 1.87. The monoisotopic (exact) mass is 314 g/mol. The summed E-state index contributed by atoms with van der Waals surface area (Å²) in [6, 6.07) is 10.1. The van der Waals surface area contributed by atoms with E-state index in [0.717, 1.165) is 31.0 Å². The predicted octanol–water partition coefficient (Wildman–Crippen LogP) is 3.80. The quantitative estimate of drug-likeness (QED) is 0.764. The number of ether oxygens (including phenoxy) is 2. The molecule has 0 aliphatic heterocycles. The molecule has 0 bridgehead atoms. The van der Waals surface area contributed by atoms with Gasteiger partial charge in [0.15, 0.2) is 11.5 Å². The van der Waals surface area contributed by atoms with Crippen LogP contribution in [0.1, 0.15) is 31.4 Å². The number of methoxy groups -OCH3 is 1. The van der Waals surface area contributed by atoms with Gasteiger partial charge in [0.05, 0.1) is 13.7 Å². The third-order valence-electron chi connectivity index (χ3n) is 3.56. The van der Waals surface area contributed by atoms with Crippen molar-refractivity contribution >= 4 is 0 Å². The third-order valence-corrected chi connectivity index (χ3v) is 3.56. The van der Waals surface area contributed by atoms with Crippen LogP contribution in [0.3, 0.4) is 0 Å². The fourth-order valence-electron chi connectivity index (χ4n) is 2.20. The summed E-state index contributed by atoms with van der Waals surface area (Å²) in [6.07, 6.45) is 4.70. The van der Waals surface area contributed by atoms with Crippen LogP contribution in [0.15, 0.2) is 42.7 Å². The van der Waals surface area contributed by atoms with E-state index >= 15 is 0 Å². The number of hydrogen-bond donors (Lipinski definition) is 1. The molecule has 1 N–H and O–H groups in total. The molecule has 2 rings (SSSR count). The van der Waals surface area contributed by atoms with Gasteiger partial charge in [-0.15, -0.1) is 0 Å². The lowest BCUT2D eigenvalue weighted by Crippen LogP contribution is -2.13. The van der Waals surface area contributed by atoms with Crippen molar-refractivity contribution in [2.75, 3.05) is 13.7 Å². The first-order valence-corrected chi connectivity index (χ1v) is 8.08. The summed E-state index contributed by atoms with van der Waals surface area (Å²) >= 11 is 0. The van der Waals surface area contributed by atoms with E-state index in [1.807, 2.05) is 24.4 Å². The Hall–Kier alpha value is -2.07. The normalized spacial score (nSPS) is 10.8. The molecule has 1 aromatic carbocycles. The zero-order valence-corrected chi connectivity index (χ0v) is 14.2. The molecule has 1 aromatic heterocycles. The fourth-order valence-corrected chi connectivity index (χ4v) is 2.20. The average molecular weight is 314 g/mol. The molecule has 0 radical (unpaired) electrons. The van der Waals surface area contributed by atoms with Crippen molar-refractivity contribution in [2.24, 2.45) is 5.92 Å². The van der Waals surface area contributed by atoms with Gasteiger partial charge in [0.1, 0.15) is 0 Å². The van der Waals surface area contributed by atoms with E-state index in [1.165, 1.54) is 11.1 Å². The fraction of sp³-hybridized carbons (Fsp3) is 0.421. The lowest BCUT2D eigenvalue weighted by Gasteiger charge is -2.13. The first-order valence-electron chi connectivity index (χ1n) is 8.08. The minimum Gasteiger partial charge on any atom is -0.493 e. The Morgan fingerprint density at radius 2 is 1.91 bits per heavy atom. The Kier molecular flexibility index (Phi) is 6.88. The zero-order valence-electron chi connectivity index (χ0n) is 14.2. The number of pyridine rings is 1. The van der Waals surface area contributed by atoms with Gasteiger partial charge in [-0.2, -0.15) is 0 Å². The molecule has 0 fully saturated rings. The van der Waals surface area contributed by atoms with Crippen LogP contribution in [0.2, 0.25) is 0 Å². The van der Waals surface area contributed by atoms with Gasteiger partial charge in [0, 0.05) is 25.5 Å². The van der Waals surface area contributed by atoms with Gasteiger partial charge in [0.25, 0.3) is 0 Å². The number of nitrogens with zero attached hydrogens (tertiary/aromatic N) is 1. The molecule has 0 spiro atoms. The lowest BCUT2D eigenvalue weighted by atomic mass is 10.1. The topological polar surface area (TPSA) is 43.4 Å². The van der Waals surface area contributed by atoms with Crippen molar-refractivity contribution in [3.05, 3.63) is 53.9 Å². The van der Waals surface area contributed by atoms with Gasteiger partial charge in [-0.05, 0) is 41.7 Å². The van der Waals surface area contributed by atoms with E-state index in [4.69, 9.17) is 9.47 Å². The van der Waals surface area contributed by atoms with Gasteiger partial charge in [0.2, 0.25) is 0 Å². The van der Waals surface area contributed by atoms with Crippen molar-refractivity contribution < 1.29 is 9.47 Å². The van der Waals surface area contributed by atoms with Gasteiger partial charge >= 0.3 is 0 Å². The summed E-state index contributed by atoms with van der Waals surface area (Å²) in [6.45, 7) is 6.67. The molecule has 0 saturated heterocycles. The van der Waals surface area contributed by atoms with Crippen molar-refractivity contribution in [2.45, 2.75) is 33.4 Å². The summed E-state index contributed by atoms with van der Waals surface area (Å²) in [4.78, 5) is 4.11. The van der Waals surface area contributed by atoms with E-state index in [2.05, 4.69) is 36.3 Å². The minimum absolute atomic E-state index is 0.636. The SMILES string of the molecule is COc1cc(CNCc2cccnc2)ccc1OCCC(C)C. The number of aromatic nitrogens is 1. The predicted molar refractivity (Wildman–Crippen MR) is 92.7 cm³/mol. The second-order valence-electron chi connectivity index (χ2n) is 5.98. The van der Waals surface area contributed by atoms with E-state index in [0.29, 0.717) is 12.5 Å². The standard InChI is InChI=1S/C19H26N2O2/c1-15(2)8-10-23-18-7-6-16(11-19(18)22-3)12-21-14-17-5-4-9-20-13-17/h4-7,9,11,13,15,21H,8,10,12,14H2,1-3H3. The Morgan fingerprint density at radius 1 is 1.09 bits per heavy atom. The number of rotatable bonds is 9. The van der Waals surface area contributed by atoms with Crippen LogP contribution in [-0.4, -0.2) is 18.7 Å². The molecule has 4 heteroatoms. The van der Waals surface area contributed by atoms with Crippen molar-refractivity contribution in [1.29, 1.82) is 0 Å². The molecule has 0 amide bonds. The van der Waals surface area contributed by atoms with Gasteiger partial charge in [-0.1, -0.05) is 26.0 Å². The first-order chi connectivity index (χ1) is 11.2. The number of benzene rings is 1.